The van der Waals surface area contributed by atoms with E-state index in [9.17, 15) is 13.2 Å². The summed E-state index contributed by atoms with van der Waals surface area (Å²) in [6.07, 6.45) is 3.44. The third kappa shape index (κ3) is 6.75. The number of ether oxygens (including phenoxy) is 1. The standard InChI is InChI=1S/C23H37N3O4S/c1-18-16-19(2)23(20(3)17-18)31(28,29)24-8-4-22(27)26-10-6-21(7-11-26)5-9-25-12-14-30-15-13-25/h16-17,21,24H,4-15H2,1-3H3. The van der Waals surface area contributed by atoms with Crippen LogP contribution in [0, 0.1) is 26.7 Å². The van der Waals surface area contributed by atoms with Gasteiger partial charge in [-0.15, -0.1) is 0 Å². The van der Waals surface area contributed by atoms with Crippen molar-refractivity contribution in [3.63, 3.8) is 0 Å². The molecule has 2 aliphatic rings. The van der Waals surface area contributed by atoms with E-state index in [0.29, 0.717) is 10.8 Å². The van der Waals surface area contributed by atoms with E-state index >= 15 is 0 Å². The zero-order valence-electron chi connectivity index (χ0n) is 19.2. The van der Waals surface area contributed by atoms with Crippen molar-refractivity contribution >= 4 is 15.9 Å². The molecule has 1 N–H and O–H groups in total. The highest BCUT2D eigenvalue weighted by Crippen LogP contribution is 2.23. The summed E-state index contributed by atoms with van der Waals surface area (Å²) in [4.78, 5) is 17.3. The van der Waals surface area contributed by atoms with Gasteiger partial charge in [0, 0.05) is 39.1 Å². The lowest BCUT2D eigenvalue weighted by Crippen LogP contribution is -2.41. The Kier molecular flexibility index (Phi) is 8.50. The number of likely N-dealkylation sites (tertiary alicyclic amines) is 1. The maximum atomic E-state index is 12.7. The lowest BCUT2D eigenvalue weighted by atomic mass is 9.93. The van der Waals surface area contributed by atoms with E-state index in [1.54, 1.807) is 0 Å². The van der Waals surface area contributed by atoms with Crippen molar-refractivity contribution in [3.8, 4) is 0 Å². The molecule has 2 aliphatic heterocycles. The molecule has 1 aromatic carbocycles. The summed E-state index contributed by atoms with van der Waals surface area (Å²) in [7, 11) is -3.63. The SMILES string of the molecule is Cc1cc(C)c(S(=O)(=O)NCCC(=O)N2CCC(CCN3CCOCC3)CC2)c(C)c1. The first-order valence-electron chi connectivity index (χ1n) is 11.4. The van der Waals surface area contributed by atoms with Gasteiger partial charge in [0.15, 0.2) is 0 Å². The second-order valence-corrected chi connectivity index (χ2v) is 10.6. The van der Waals surface area contributed by atoms with Gasteiger partial charge >= 0.3 is 0 Å². The summed E-state index contributed by atoms with van der Waals surface area (Å²) in [6, 6.07) is 3.74. The minimum absolute atomic E-state index is 0.0340. The van der Waals surface area contributed by atoms with Crippen LogP contribution in [0.2, 0.25) is 0 Å². The number of amides is 1. The Balaban J connectivity index is 1.40. The average Bonchev–Trinajstić information content (AvgIpc) is 2.72. The Morgan fingerprint density at radius 3 is 2.29 bits per heavy atom. The Morgan fingerprint density at radius 2 is 1.68 bits per heavy atom. The quantitative estimate of drug-likeness (QED) is 0.656. The number of rotatable bonds is 8. The number of sulfonamides is 1. The largest absolute Gasteiger partial charge is 0.379 e. The molecule has 7 nitrogen and oxygen atoms in total. The van der Waals surface area contributed by atoms with Crippen molar-refractivity contribution in [1.82, 2.24) is 14.5 Å². The summed E-state index contributed by atoms with van der Waals surface area (Å²) >= 11 is 0. The lowest BCUT2D eigenvalue weighted by molar-refractivity contribution is -0.132. The van der Waals surface area contributed by atoms with Gasteiger partial charge in [-0.25, -0.2) is 13.1 Å². The van der Waals surface area contributed by atoms with Gasteiger partial charge in [-0.1, -0.05) is 17.7 Å². The minimum Gasteiger partial charge on any atom is -0.379 e. The molecule has 8 heteroatoms. The zero-order valence-corrected chi connectivity index (χ0v) is 20.0. The van der Waals surface area contributed by atoms with Crippen molar-refractivity contribution in [1.29, 1.82) is 0 Å². The summed E-state index contributed by atoms with van der Waals surface area (Å²) in [5.41, 5.74) is 2.50. The number of hydrogen-bond donors (Lipinski definition) is 1. The zero-order chi connectivity index (χ0) is 22.4. The molecule has 0 unspecified atom stereocenters. The van der Waals surface area contributed by atoms with Crippen molar-refractivity contribution in [3.05, 3.63) is 28.8 Å². The molecular formula is C23H37N3O4S. The first-order valence-corrected chi connectivity index (χ1v) is 12.9. The van der Waals surface area contributed by atoms with Crippen molar-refractivity contribution in [2.24, 2.45) is 5.92 Å². The highest BCUT2D eigenvalue weighted by molar-refractivity contribution is 7.89. The molecule has 0 aromatic heterocycles. The summed E-state index contributed by atoms with van der Waals surface area (Å²) in [5.74, 6) is 0.699. The van der Waals surface area contributed by atoms with Crippen LogP contribution in [-0.2, 0) is 19.6 Å². The minimum atomic E-state index is -3.63. The number of nitrogens with zero attached hydrogens (tertiary/aromatic N) is 2. The summed E-state index contributed by atoms with van der Waals surface area (Å²) < 4.78 is 33.5. The second-order valence-electron chi connectivity index (χ2n) is 8.94. The number of nitrogens with one attached hydrogen (secondary N) is 1. The topological polar surface area (TPSA) is 79.0 Å². The van der Waals surface area contributed by atoms with Gasteiger partial charge in [-0.3, -0.25) is 9.69 Å². The summed E-state index contributed by atoms with van der Waals surface area (Å²) in [5, 5.41) is 0. The fraction of sp³-hybridized carbons (Fsp3) is 0.696. The smallest absolute Gasteiger partial charge is 0.241 e. The predicted octanol–water partition coefficient (Wildman–Crippen LogP) is 2.24. The first kappa shape index (κ1) is 24.2. The molecule has 1 aromatic rings. The summed E-state index contributed by atoms with van der Waals surface area (Å²) in [6.45, 7) is 12.1. The van der Waals surface area contributed by atoms with Crippen LogP contribution in [0.15, 0.2) is 17.0 Å². The van der Waals surface area contributed by atoms with E-state index in [2.05, 4.69) is 9.62 Å². The van der Waals surface area contributed by atoms with Crippen LogP contribution in [0.5, 0.6) is 0 Å². The maximum absolute atomic E-state index is 12.7. The molecule has 3 rings (SSSR count). The predicted molar refractivity (Wildman–Crippen MR) is 122 cm³/mol. The van der Waals surface area contributed by atoms with Crippen LogP contribution in [0.3, 0.4) is 0 Å². The molecule has 0 saturated carbocycles. The van der Waals surface area contributed by atoms with Crippen LogP contribution < -0.4 is 4.72 Å². The molecule has 31 heavy (non-hydrogen) atoms. The van der Waals surface area contributed by atoms with Gasteiger partial charge in [0.25, 0.3) is 0 Å². The molecule has 174 valence electrons. The van der Waals surface area contributed by atoms with E-state index in [4.69, 9.17) is 4.74 Å². The van der Waals surface area contributed by atoms with E-state index in [1.807, 2.05) is 37.8 Å². The van der Waals surface area contributed by atoms with Gasteiger partial charge in [-0.2, -0.15) is 0 Å². The Bertz CT molecular complexity index is 835. The van der Waals surface area contributed by atoms with Gasteiger partial charge in [0.05, 0.1) is 18.1 Å². The van der Waals surface area contributed by atoms with Crippen molar-refractivity contribution < 1.29 is 17.9 Å². The highest BCUT2D eigenvalue weighted by Gasteiger charge is 2.24. The number of carbonyl (C=O) groups excluding carboxylic acids is 1. The highest BCUT2D eigenvalue weighted by atomic mass is 32.2. The van der Waals surface area contributed by atoms with Crippen molar-refractivity contribution in [2.75, 3.05) is 52.5 Å². The van der Waals surface area contributed by atoms with Crippen LogP contribution in [0.1, 0.15) is 42.4 Å². The van der Waals surface area contributed by atoms with Gasteiger partial charge < -0.3 is 9.64 Å². The first-order chi connectivity index (χ1) is 14.8. The van der Waals surface area contributed by atoms with Gasteiger partial charge in [0.2, 0.25) is 15.9 Å². The molecular weight excluding hydrogens is 414 g/mol. The van der Waals surface area contributed by atoms with Crippen LogP contribution in [0.4, 0.5) is 0 Å². The maximum Gasteiger partial charge on any atom is 0.241 e. The van der Waals surface area contributed by atoms with Crippen LogP contribution in [0.25, 0.3) is 0 Å². The number of carbonyl (C=O) groups is 1. The fourth-order valence-electron chi connectivity index (χ4n) is 4.77. The lowest BCUT2D eigenvalue weighted by Gasteiger charge is -2.34. The molecule has 0 bridgehead atoms. The van der Waals surface area contributed by atoms with E-state index in [0.717, 1.165) is 75.5 Å². The number of hydrogen-bond acceptors (Lipinski definition) is 5. The molecule has 2 saturated heterocycles. The third-order valence-corrected chi connectivity index (χ3v) is 8.19. The Labute approximate surface area is 187 Å². The van der Waals surface area contributed by atoms with Crippen LogP contribution >= 0.6 is 0 Å². The number of piperidine rings is 1. The van der Waals surface area contributed by atoms with E-state index < -0.39 is 10.0 Å². The molecule has 0 spiro atoms. The molecule has 2 heterocycles. The average molecular weight is 452 g/mol. The molecule has 1 amide bonds. The van der Waals surface area contributed by atoms with Gasteiger partial charge in [0.1, 0.15) is 0 Å². The fourth-order valence-corrected chi connectivity index (χ4v) is 6.25. The Morgan fingerprint density at radius 1 is 1.06 bits per heavy atom. The molecule has 0 aliphatic carbocycles. The Hall–Kier alpha value is -1.48. The number of benzene rings is 1. The second kappa shape index (κ2) is 10.9. The van der Waals surface area contributed by atoms with Crippen LogP contribution in [-0.4, -0.2) is 76.6 Å². The molecule has 2 fully saturated rings. The number of morpholine rings is 1. The van der Waals surface area contributed by atoms with E-state index in [1.165, 1.54) is 6.42 Å². The molecule has 0 atom stereocenters. The number of aryl methyl sites for hydroxylation is 3. The van der Waals surface area contributed by atoms with E-state index in [-0.39, 0.29) is 18.9 Å². The molecule has 0 radical (unpaired) electrons. The monoisotopic (exact) mass is 451 g/mol. The third-order valence-electron chi connectivity index (χ3n) is 6.43. The van der Waals surface area contributed by atoms with Gasteiger partial charge in [-0.05, 0) is 63.6 Å². The normalized spacial score (nSPS) is 19.0. The van der Waals surface area contributed by atoms with Crippen molar-refractivity contribution in [2.45, 2.75) is 51.3 Å².